The Morgan fingerprint density at radius 3 is 2.95 bits per heavy atom. The summed E-state index contributed by atoms with van der Waals surface area (Å²) >= 11 is 1.43. The first-order valence-corrected chi connectivity index (χ1v) is 7.63. The molecule has 0 spiro atoms. The topological polar surface area (TPSA) is 79.8 Å². The van der Waals surface area contributed by atoms with E-state index >= 15 is 0 Å². The van der Waals surface area contributed by atoms with Crippen molar-refractivity contribution in [2.24, 2.45) is 0 Å². The van der Waals surface area contributed by atoms with E-state index in [1.807, 2.05) is 11.4 Å². The monoisotopic (exact) mass is 320 g/mol. The molecule has 3 N–H and O–H groups in total. The number of urea groups is 1. The molecule has 1 aromatic carbocycles. The highest BCUT2D eigenvalue weighted by Gasteiger charge is 2.26. The summed E-state index contributed by atoms with van der Waals surface area (Å²) < 4.78 is 10.5. The maximum Gasteiger partial charge on any atom is 0.319 e. The molecule has 0 saturated heterocycles. The molecule has 3 rings (SSSR count). The maximum atomic E-state index is 11.8. The van der Waals surface area contributed by atoms with E-state index in [2.05, 4.69) is 10.6 Å². The van der Waals surface area contributed by atoms with Crippen LogP contribution in [0.5, 0.6) is 11.5 Å². The fraction of sp³-hybridized carbons (Fsp3) is 0.267. The molecule has 7 heteroatoms. The first kappa shape index (κ1) is 14.7. The molecule has 116 valence electrons. The zero-order chi connectivity index (χ0) is 15.6. The number of carbonyl (C=O) groups excluding carboxylic acids is 1. The SMILES string of the molecule is C[C@@](O)(CNC(=O)Nc1cccs1)c1ccc2c(c1)OCO2. The normalized spacial score (nSPS) is 15.2. The van der Waals surface area contributed by atoms with E-state index in [9.17, 15) is 9.90 Å². The van der Waals surface area contributed by atoms with Gasteiger partial charge in [-0.15, -0.1) is 11.3 Å². The highest BCUT2D eigenvalue weighted by atomic mass is 32.1. The van der Waals surface area contributed by atoms with Crippen molar-refractivity contribution in [3.05, 3.63) is 41.3 Å². The number of nitrogens with one attached hydrogen (secondary N) is 2. The van der Waals surface area contributed by atoms with Crippen molar-refractivity contribution in [2.75, 3.05) is 18.7 Å². The lowest BCUT2D eigenvalue weighted by Crippen LogP contribution is -2.40. The zero-order valence-corrected chi connectivity index (χ0v) is 12.8. The van der Waals surface area contributed by atoms with Crippen LogP contribution in [-0.2, 0) is 5.60 Å². The van der Waals surface area contributed by atoms with Crippen LogP contribution in [0, 0.1) is 0 Å². The van der Waals surface area contributed by atoms with Crippen molar-refractivity contribution in [1.29, 1.82) is 0 Å². The minimum Gasteiger partial charge on any atom is -0.454 e. The number of rotatable bonds is 4. The molecule has 1 aliphatic heterocycles. The smallest absolute Gasteiger partial charge is 0.319 e. The van der Waals surface area contributed by atoms with E-state index < -0.39 is 5.60 Å². The van der Waals surface area contributed by atoms with Crippen molar-refractivity contribution < 1.29 is 19.4 Å². The third-order valence-corrected chi connectivity index (χ3v) is 4.13. The summed E-state index contributed by atoms with van der Waals surface area (Å²) in [6, 6.07) is 8.53. The van der Waals surface area contributed by atoms with Crippen LogP contribution in [0.25, 0.3) is 0 Å². The van der Waals surface area contributed by atoms with Gasteiger partial charge in [-0.25, -0.2) is 4.79 Å². The van der Waals surface area contributed by atoms with E-state index in [1.54, 1.807) is 31.2 Å². The maximum absolute atomic E-state index is 11.8. The van der Waals surface area contributed by atoms with Gasteiger partial charge in [-0.1, -0.05) is 6.07 Å². The van der Waals surface area contributed by atoms with E-state index in [0.717, 1.165) is 5.00 Å². The van der Waals surface area contributed by atoms with Gasteiger partial charge >= 0.3 is 6.03 Å². The van der Waals surface area contributed by atoms with E-state index in [1.165, 1.54) is 11.3 Å². The van der Waals surface area contributed by atoms with Crippen molar-refractivity contribution >= 4 is 22.4 Å². The van der Waals surface area contributed by atoms with Crippen LogP contribution in [0.4, 0.5) is 9.80 Å². The number of benzene rings is 1. The molecule has 1 aliphatic rings. The summed E-state index contributed by atoms with van der Waals surface area (Å²) in [6.45, 7) is 1.89. The zero-order valence-electron chi connectivity index (χ0n) is 12.0. The van der Waals surface area contributed by atoms with Crippen molar-refractivity contribution in [3.63, 3.8) is 0 Å². The first-order valence-electron chi connectivity index (χ1n) is 6.75. The van der Waals surface area contributed by atoms with Gasteiger partial charge in [-0.05, 0) is 42.1 Å². The van der Waals surface area contributed by atoms with Gasteiger partial charge in [-0.3, -0.25) is 5.32 Å². The molecule has 0 unspecified atom stereocenters. The van der Waals surface area contributed by atoms with E-state index in [-0.39, 0.29) is 19.4 Å². The summed E-state index contributed by atoms with van der Waals surface area (Å²) in [5.41, 5.74) is -0.568. The van der Waals surface area contributed by atoms with E-state index in [0.29, 0.717) is 17.1 Å². The second-order valence-corrected chi connectivity index (χ2v) is 6.07. The third kappa shape index (κ3) is 3.15. The molecular formula is C15H16N2O4S. The lowest BCUT2D eigenvalue weighted by molar-refractivity contribution is 0.0597. The summed E-state index contributed by atoms with van der Waals surface area (Å²) in [5.74, 6) is 1.25. The summed E-state index contributed by atoms with van der Waals surface area (Å²) in [6.07, 6.45) is 0. The Labute approximate surface area is 131 Å². The van der Waals surface area contributed by atoms with Crippen LogP contribution in [0.2, 0.25) is 0 Å². The van der Waals surface area contributed by atoms with Gasteiger partial charge in [0.05, 0.1) is 11.5 Å². The van der Waals surface area contributed by atoms with Gasteiger partial charge in [0, 0.05) is 0 Å². The average molecular weight is 320 g/mol. The van der Waals surface area contributed by atoms with Crippen molar-refractivity contribution in [2.45, 2.75) is 12.5 Å². The minimum absolute atomic E-state index is 0.0733. The number of hydrogen-bond acceptors (Lipinski definition) is 5. The number of aliphatic hydroxyl groups is 1. The number of ether oxygens (including phenoxy) is 2. The van der Waals surface area contributed by atoms with Gasteiger partial charge in [0.2, 0.25) is 6.79 Å². The molecule has 0 radical (unpaired) electrons. The Bertz CT molecular complexity index is 670. The summed E-state index contributed by atoms with van der Waals surface area (Å²) in [4.78, 5) is 11.8. The predicted molar refractivity (Wildman–Crippen MR) is 83.5 cm³/mol. The summed E-state index contributed by atoms with van der Waals surface area (Å²) in [7, 11) is 0. The lowest BCUT2D eigenvalue weighted by atomic mass is 9.95. The first-order chi connectivity index (χ1) is 10.5. The Hall–Kier alpha value is -2.25. The molecule has 0 fully saturated rings. The lowest BCUT2D eigenvalue weighted by Gasteiger charge is -2.24. The van der Waals surface area contributed by atoms with Crippen LogP contribution in [0.15, 0.2) is 35.7 Å². The van der Waals surface area contributed by atoms with Crippen molar-refractivity contribution in [3.8, 4) is 11.5 Å². The molecule has 1 aromatic heterocycles. The quantitative estimate of drug-likeness (QED) is 0.808. The van der Waals surface area contributed by atoms with Crippen LogP contribution >= 0.6 is 11.3 Å². The number of carbonyl (C=O) groups is 1. The molecule has 22 heavy (non-hydrogen) atoms. The van der Waals surface area contributed by atoms with Crippen LogP contribution in [-0.4, -0.2) is 24.5 Å². The fourth-order valence-corrected chi connectivity index (χ4v) is 2.70. The molecule has 0 bridgehead atoms. The fourth-order valence-electron chi connectivity index (χ4n) is 2.09. The van der Waals surface area contributed by atoms with Crippen LogP contribution in [0.3, 0.4) is 0 Å². The van der Waals surface area contributed by atoms with Crippen molar-refractivity contribution in [1.82, 2.24) is 5.32 Å². The highest BCUT2D eigenvalue weighted by molar-refractivity contribution is 7.14. The van der Waals surface area contributed by atoms with Gasteiger partial charge in [0.15, 0.2) is 11.5 Å². The number of anilines is 1. The van der Waals surface area contributed by atoms with E-state index in [4.69, 9.17) is 9.47 Å². The highest BCUT2D eigenvalue weighted by Crippen LogP contribution is 2.35. The van der Waals surface area contributed by atoms with Gasteiger partial charge < -0.3 is 19.9 Å². The van der Waals surface area contributed by atoms with Crippen LogP contribution in [0.1, 0.15) is 12.5 Å². The molecule has 2 amide bonds. The standard InChI is InChI=1S/C15H16N2O4S/c1-15(19,8-16-14(18)17-13-3-2-6-22-13)10-4-5-11-12(7-10)21-9-20-11/h2-7,19H,8-9H2,1H3,(H2,16,17,18)/t15-/m1/s1. The molecule has 2 heterocycles. The van der Waals surface area contributed by atoms with Gasteiger partial charge in [-0.2, -0.15) is 0 Å². The predicted octanol–water partition coefficient (Wildman–Crippen LogP) is 2.51. The number of fused-ring (bicyclic) bond motifs is 1. The number of hydrogen-bond donors (Lipinski definition) is 3. The molecule has 1 atom stereocenters. The molecular weight excluding hydrogens is 304 g/mol. The molecule has 2 aromatic rings. The Morgan fingerprint density at radius 2 is 2.18 bits per heavy atom. The Balaban J connectivity index is 1.62. The molecule has 6 nitrogen and oxygen atoms in total. The number of amides is 2. The largest absolute Gasteiger partial charge is 0.454 e. The Kier molecular flexibility index (Phi) is 3.91. The second kappa shape index (κ2) is 5.86. The van der Waals surface area contributed by atoms with Crippen LogP contribution < -0.4 is 20.1 Å². The number of thiophene rings is 1. The molecule has 0 aliphatic carbocycles. The average Bonchev–Trinajstić information content (AvgIpc) is 3.15. The minimum atomic E-state index is -1.21. The summed E-state index contributed by atoms with van der Waals surface area (Å²) in [5, 5.41) is 18.5. The third-order valence-electron chi connectivity index (χ3n) is 3.35. The molecule has 0 saturated carbocycles. The Morgan fingerprint density at radius 1 is 1.36 bits per heavy atom. The van der Waals surface area contributed by atoms with Gasteiger partial charge in [0.25, 0.3) is 0 Å². The van der Waals surface area contributed by atoms with Gasteiger partial charge in [0.1, 0.15) is 5.60 Å². The second-order valence-electron chi connectivity index (χ2n) is 5.13.